The van der Waals surface area contributed by atoms with Gasteiger partial charge < -0.3 is 0 Å². The summed E-state index contributed by atoms with van der Waals surface area (Å²) in [6.07, 6.45) is 7.56. The maximum absolute atomic E-state index is 2.93. The lowest BCUT2D eigenvalue weighted by Gasteiger charge is -2.47. The number of nitrogens with zero attached hydrogens (tertiary/aromatic N) is 4. The summed E-state index contributed by atoms with van der Waals surface area (Å²) in [5.41, 5.74) is 0. The van der Waals surface area contributed by atoms with E-state index in [9.17, 15) is 0 Å². The molecule has 1 aliphatic heterocycles. The normalized spacial score (nSPS) is 18.7. The molecule has 150 valence electrons. The lowest BCUT2D eigenvalue weighted by molar-refractivity contribution is 0.284. The highest BCUT2D eigenvalue weighted by atomic mass is 31.2. The molecule has 0 saturated carbocycles. The van der Waals surface area contributed by atoms with Crippen molar-refractivity contribution in [3.8, 4) is 0 Å². The van der Waals surface area contributed by atoms with Gasteiger partial charge in [-0.25, -0.2) is 0 Å². The summed E-state index contributed by atoms with van der Waals surface area (Å²) < 4.78 is 11.7. The summed E-state index contributed by atoms with van der Waals surface area (Å²) in [5.74, 6) is 0. The van der Waals surface area contributed by atoms with Gasteiger partial charge in [0.2, 0.25) is 0 Å². The zero-order valence-electron chi connectivity index (χ0n) is 18.1. The van der Waals surface area contributed by atoms with Crippen molar-refractivity contribution < 1.29 is 0 Å². The second-order valence-electron chi connectivity index (χ2n) is 7.35. The molecule has 0 unspecified atom stereocenters. The zero-order chi connectivity index (χ0) is 18.7. The molecule has 25 heavy (non-hydrogen) atoms. The van der Waals surface area contributed by atoms with E-state index in [0.29, 0.717) is 0 Å². The molecule has 0 atom stereocenters. The highest BCUT2D eigenvalue weighted by Crippen LogP contribution is 2.72. The molecule has 0 spiro atoms. The van der Waals surface area contributed by atoms with Crippen LogP contribution in [0.5, 0.6) is 0 Å². The Balaban J connectivity index is 3.40. The van der Waals surface area contributed by atoms with E-state index in [4.69, 9.17) is 0 Å². The maximum atomic E-state index is 2.93. The Morgan fingerprint density at radius 3 is 1.12 bits per heavy atom. The van der Waals surface area contributed by atoms with Gasteiger partial charge in [-0.2, -0.15) is 0 Å². The quantitative estimate of drug-likeness (QED) is 0.381. The molecule has 1 rings (SSSR count). The van der Waals surface area contributed by atoms with Crippen LogP contribution in [0.4, 0.5) is 0 Å². The van der Waals surface area contributed by atoms with Crippen molar-refractivity contribution in [1.29, 1.82) is 0 Å². The number of rotatable bonds is 14. The molecule has 4 nitrogen and oxygen atoms in total. The topological polar surface area (TPSA) is 13.0 Å². The van der Waals surface area contributed by atoms with Gasteiger partial charge in [-0.05, 0) is 38.5 Å². The van der Waals surface area contributed by atoms with E-state index in [1.807, 2.05) is 0 Å². The molecule has 0 aliphatic carbocycles. The van der Waals surface area contributed by atoms with Gasteiger partial charge in [-0.1, -0.05) is 41.5 Å². The van der Waals surface area contributed by atoms with Crippen molar-refractivity contribution in [1.82, 2.24) is 18.7 Å². The minimum atomic E-state index is -1.55. The molecule has 0 amide bonds. The van der Waals surface area contributed by atoms with E-state index in [-0.39, 0.29) is 0 Å². The van der Waals surface area contributed by atoms with Crippen LogP contribution in [0.2, 0.25) is 0 Å². The fraction of sp³-hybridized carbons (Fsp3) is 1.00. The van der Waals surface area contributed by atoms with Gasteiger partial charge in [0.05, 0.1) is 13.1 Å². The fourth-order valence-electron chi connectivity index (χ4n) is 4.37. The van der Waals surface area contributed by atoms with E-state index < -0.39 is 7.87 Å². The molecule has 0 N–H and O–H groups in total. The van der Waals surface area contributed by atoms with E-state index in [2.05, 4.69) is 60.2 Å². The molecule has 0 aromatic heterocycles. The van der Waals surface area contributed by atoms with Crippen molar-refractivity contribution >= 4 is 7.87 Å². The molecule has 0 aromatic carbocycles. The summed E-state index contributed by atoms with van der Waals surface area (Å²) in [7, 11) is -1.55. The second kappa shape index (κ2) is 12.6. The average Bonchev–Trinajstić information content (AvgIpc) is 2.94. The standard InChI is InChI=1S/C20H46N4P/c1-7-13-21(14-8-2)25(22(15-9-3)16-10-4)23(17-11-5)19-20-24(25)18-12-6/h7-20H2,1-6H3/q+1. The Kier molecular flexibility index (Phi) is 11.8. The molecule has 1 saturated heterocycles. The third-order valence-electron chi connectivity index (χ3n) is 5.02. The largest absolute Gasteiger partial charge is 0.308 e. The Morgan fingerprint density at radius 1 is 0.560 bits per heavy atom. The minimum Gasteiger partial charge on any atom is -0.133 e. The Morgan fingerprint density at radius 2 is 0.880 bits per heavy atom. The van der Waals surface area contributed by atoms with Crippen molar-refractivity contribution in [2.24, 2.45) is 0 Å². The van der Waals surface area contributed by atoms with E-state index in [1.54, 1.807) is 0 Å². The Labute approximate surface area is 159 Å². The molecule has 1 aliphatic rings. The molecular weight excluding hydrogens is 327 g/mol. The monoisotopic (exact) mass is 373 g/mol. The van der Waals surface area contributed by atoms with Crippen LogP contribution < -0.4 is 0 Å². The summed E-state index contributed by atoms with van der Waals surface area (Å²) in [4.78, 5) is 0. The van der Waals surface area contributed by atoms with Crippen LogP contribution in [0.1, 0.15) is 80.1 Å². The van der Waals surface area contributed by atoms with Gasteiger partial charge in [0.25, 0.3) is 0 Å². The number of hydrogen-bond acceptors (Lipinski definition) is 4. The minimum absolute atomic E-state index is 1.24. The third-order valence-corrected chi connectivity index (χ3v) is 9.66. The summed E-state index contributed by atoms with van der Waals surface area (Å²) in [6, 6.07) is 0. The van der Waals surface area contributed by atoms with Crippen molar-refractivity contribution in [3.05, 3.63) is 0 Å². The Hall–Kier alpha value is 0.270. The summed E-state index contributed by atoms with van der Waals surface area (Å²) in [6.45, 7) is 24.1. The van der Waals surface area contributed by atoms with E-state index >= 15 is 0 Å². The highest BCUT2D eigenvalue weighted by molar-refractivity contribution is 7.67. The fourth-order valence-corrected chi connectivity index (χ4v) is 10.0. The first-order chi connectivity index (χ1) is 12.2. The molecule has 0 radical (unpaired) electrons. The first kappa shape index (κ1) is 23.3. The van der Waals surface area contributed by atoms with Gasteiger partial charge in [0, 0.05) is 39.3 Å². The summed E-state index contributed by atoms with van der Waals surface area (Å²) >= 11 is 0. The molecule has 0 bridgehead atoms. The molecule has 0 aromatic rings. The van der Waals surface area contributed by atoms with Crippen LogP contribution in [0, 0.1) is 0 Å². The van der Waals surface area contributed by atoms with E-state index in [1.165, 1.54) is 90.9 Å². The van der Waals surface area contributed by atoms with Gasteiger partial charge in [-0.15, -0.1) is 18.7 Å². The van der Waals surface area contributed by atoms with Gasteiger partial charge in [0.1, 0.15) is 0 Å². The molecular formula is C20H46N4P+. The zero-order valence-corrected chi connectivity index (χ0v) is 19.0. The molecule has 1 heterocycles. The first-order valence-corrected chi connectivity index (χ1v) is 12.7. The first-order valence-electron chi connectivity index (χ1n) is 11.1. The van der Waals surface area contributed by atoms with Crippen LogP contribution in [-0.2, 0) is 0 Å². The molecule has 5 heteroatoms. The lowest BCUT2D eigenvalue weighted by Crippen LogP contribution is -2.49. The maximum Gasteiger partial charge on any atom is 0.308 e. The van der Waals surface area contributed by atoms with Gasteiger partial charge in [-0.3, -0.25) is 0 Å². The molecule has 1 fully saturated rings. The number of hydrogen-bond donors (Lipinski definition) is 0. The van der Waals surface area contributed by atoms with E-state index in [0.717, 1.165) is 0 Å². The SMILES string of the molecule is CCCN(CCC)[P+]1(N(CCC)CCC)N(CCC)CCN1CCC. The van der Waals surface area contributed by atoms with Crippen molar-refractivity contribution in [3.63, 3.8) is 0 Å². The highest BCUT2D eigenvalue weighted by Gasteiger charge is 2.63. The smallest absolute Gasteiger partial charge is 0.133 e. The van der Waals surface area contributed by atoms with Crippen LogP contribution in [0.3, 0.4) is 0 Å². The average molecular weight is 374 g/mol. The predicted molar refractivity (Wildman–Crippen MR) is 115 cm³/mol. The van der Waals surface area contributed by atoms with Crippen LogP contribution >= 0.6 is 7.87 Å². The van der Waals surface area contributed by atoms with Gasteiger partial charge >= 0.3 is 7.87 Å². The predicted octanol–water partition coefficient (Wildman–Crippen LogP) is 5.35. The summed E-state index contributed by atoms with van der Waals surface area (Å²) in [5, 5.41) is 0. The van der Waals surface area contributed by atoms with Crippen LogP contribution in [0.25, 0.3) is 0 Å². The van der Waals surface area contributed by atoms with Crippen molar-refractivity contribution in [2.45, 2.75) is 80.1 Å². The Bertz CT molecular complexity index is 296. The van der Waals surface area contributed by atoms with Crippen molar-refractivity contribution in [2.75, 3.05) is 52.4 Å². The van der Waals surface area contributed by atoms with Crippen LogP contribution in [-0.4, -0.2) is 71.0 Å². The lowest BCUT2D eigenvalue weighted by atomic mass is 10.4. The van der Waals surface area contributed by atoms with Crippen LogP contribution in [0.15, 0.2) is 0 Å². The second-order valence-corrected chi connectivity index (χ2v) is 10.7. The van der Waals surface area contributed by atoms with Gasteiger partial charge in [0.15, 0.2) is 0 Å². The third kappa shape index (κ3) is 5.39.